The molecule has 0 bridgehead atoms. The molecular formula is C46H52F3N11O4. The largest absolute Gasteiger partial charge is 0.362 e. The van der Waals surface area contributed by atoms with E-state index in [1.807, 2.05) is 24.3 Å². The number of carbonyl (C=O) groups excluding carboxylic acids is 3. The highest BCUT2D eigenvalue weighted by Crippen LogP contribution is 2.39. The van der Waals surface area contributed by atoms with Crippen molar-refractivity contribution in [3.8, 4) is 11.8 Å². The van der Waals surface area contributed by atoms with Crippen LogP contribution in [-0.4, -0.2) is 108 Å². The van der Waals surface area contributed by atoms with Gasteiger partial charge in [0.05, 0.1) is 46.7 Å². The summed E-state index contributed by atoms with van der Waals surface area (Å²) in [7, 11) is 1.80. The number of ether oxygens (including phenoxy) is 1. The highest BCUT2D eigenvalue weighted by atomic mass is 19.3. The first-order chi connectivity index (χ1) is 31.0. The Morgan fingerprint density at radius 3 is 2.58 bits per heavy atom. The van der Waals surface area contributed by atoms with Crippen LogP contribution in [0.3, 0.4) is 0 Å². The molecule has 3 amide bonds. The summed E-state index contributed by atoms with van der Waals surface area (Å²) < 4.78 is 54.8. The number of nitrogens with zero attached hydrogens (tertiary/aromatic N) is 9. The lowest BCUT2D eigenvalue weighted by molar-refractivity contribution is -0.134. The Morgan fingerprint density at radius 1 is 1.00 bits per heavy atom. The minimum absolute atomic E-state index is 0.0280. The number of benzene rings is 1. The summed E-state index contributed by atoms with van der Waals surface area (Å²) in [5.74, 6) is 7.12. The molecule has 2 saturated carbocycles. The van der Waals surface area contributed by atoms with Gasteiger partial charge in [0.2, 0.25) is 11.8 Å². The van der Waals surface area contributed by atoms with Crippen LogP contribution in [-0.2, 0) is 21.4 Å². The Hall–Kier alpha value is -5.80. The zero-order valence-corrected chi connectivity index (χ0v) is 35.8. The van der Waals surface area contributed by atoms with E-state index in [-0.39, 0.29) is 48.7 Å². The molecule has 1 unspecified atom stereocenters. The van der Waals surface area contributed by atoms with Crippen LogP contribution in [0.2, 0.25) is 0 Å². The van der Waals surface area contributed by atoms with Crippen molar-refractivity contribution in [3.63, 3.8) is 0 Å². The summed E-state index contributed by atoms with van der Waals surface area (Å²) in [6.07, 6.45) is 8.32. The fourth-order valence-electron chi connectivity index (χ4n) is 10.2. The van der Waals surface area contributed by atoms with E-state index in [1.54, 1.807) is 22.6 Å². The summed E-state index contributed by atoms with van der Waals surface area (Å²) in [5, 5.41) is 19.1. The van der Waals surface area contributed by atoms with Gasteiger partial charge in [-0.25, -0.2) is 22.7 Å². The van der Waals surface area contributed by atoms with Gasteiger partial charge in [-0.1, -0.05) is 36.8 Å². The number of aromatic nitrogens is 7. The second kappa shape index (κ2) is 17.6. The first-order valence-electron chi connectivity index (χ1n) is 22.6. The monoisotopic (exact) mass is 879 g/mol. The number of imide groups is 1. The number of piperidine rings is 2. The van der Waals surface area contributed by atoms with Crippen LogP contribution in [0.25, 0.3) is 16.6 Å². The van der Waals surface area contributed by atoms with Gasteiger partial charge in [0.25, 0.3) is 12.3 Å². The number of hydrogen-bond donors (Lipinski definition) is 2. The van der Waals surface area contributed by atoms with Crippen molar-refractivity contribution < 1.29 is 32.3 Å². The van der Waals surface area contributed by atoms with Crippen LogP contribution in [0.4, 0.5) is 24.7 Å². The number of alkyl halides is 3. The predicted molar refractivity (Wildman–Crippen MR) is 231 cm³/mol. The molecule has 0 spiro atoms. The van der Waals surface area contributed by atoms with Crippen molar-refractivity contribution in [3.05, 3.63) is 65.4 Å². The predicted octanol–water partition coefficient (Wildman–Crippen LogP) is 5.97. The van der Waals surface area contributed by atoms with Crippen molar-refractivity contribution >= 4 is 45.8 Å². The molecule has 0 radical (unpaired) electrons. The molecule has 3 saturated heterocycles. The van der Waals surface area contributed by atoms with Gasteiger partial charge in [-0.3, -0.25) is 34.0 Å². The average Bonchev–Trinajstić information content (AvgIpc) is 3.66. The zero-order valence-electron chi connectivity index (χ0n) is 35.8. The van der Waals surface area contributed by atoms with Crippen molar-refractivity contribution in [2.45, 2.75) is 94.9 Å². The summed E-state index contributed by atoms with van der Waals surface area (Å²) in [5.41, 5.74) is 2.18. The third kappa shape index (κ3) is 8.71. The Labute approximate surface area is 368 Å². The van der Waals surface area contributed by atoms with E-state index >= 15 is 4.39 Å². The van der Waals surface area contributed by atoms with E-state index in [4.69, 9.17) is 9.72 Å². The second-order valence-corrected chi connectivity index (χ2v) is 18.3. The maximum absolute atomic E-state index is 15.5. The van der Waals surface area contributed by atoms with Gasteiger partial charge in [-0.2, -0.15) is 15.3 Å². The number of hydrogen-bond acceptors (Lipinski definition) is 10. The smallest absolute Gasteiger partial charge is 0.284 e. The summed E-state index contributed by atoms with van der Waals surface area (Å²) in [6.45, 7) is 3.63. The van der Waals surface area contributed by atoms with Crippen LogP contribution in [0.5, 0.6) is 0 Å². The van der Waals surface area contributed by atoms with Gasteiger partial charge in [0.15, 0.2) is 11.3 Å². The minimum atomic E-state index is -2.88. The molecule has 5 aromatic rings. The molecule has 7 heterocycles. The lowest BCUT2D eigenvalue weighted by atomic mass is 9.85. The summed E-state index contributed by atoms with van der Waals surface area (Å²) in [6, 6.07) is 7.41. The number of fused-ring (bicyclic) bond motifs is 2. The Kier molecular flexibility index (Phi) is 11.6. The lowest BCUT2D eigenvalue weighted by Gasteiger charge is -2.40. The number of rotatable bonds is 12. The van der Waals surface area contributed by atoms with Gasteiger partial charge in [0.1, 0.15) is 24.2 Å². The maximum atomic E-state index is 15.5. The van der Waals surface area contributed by atoms with E-state index in [0.29, 0.717) is 42.6 Å². The van der Waals surface area contributed by atoms with Crippen LogP contribution >= 0.6 is 0 Å². The summed E-state index contributed by atoms with van der Waals surface area (Å²) >= 11 is 0. The fraction of sp³-hybridized carbons (Fsp3) is 0.543. The van der Waals surface area contributed by atoms with Crippen molar-refractivity contribution in [1.82, 2.24) is 44.4 Å². The highest BCUT2D eigenvalue weighted by Gasteiger charge is 2.36. The van der Waals surface area contributed by atoms with Crippen LogP contribution in [0.1, 0.15) is 110 Å². The van der Waals surface area contributed by atoms with E-state index in [2.05, 4.69) is 47.6 Å². The Balaban J connectivity index is 0.697. The van der Waals surface area contributed by atoms with Crippen molar-refractivity contribution in [1.29, 1.82) is 0 Å². The SMILES string of the molecule is Cn1nc(C2CCC(=O)NC2=O)c2cccc(C#CCO[C@H]3CCN(CC4CCC(n5cc(NC(=O)c6cnn7ccc(N8CC(CC9CC9)C8)nc67)c(C(F)F)n5)CC4)C[C@H]3F)c21. The number of anilines is 2. The third-order valence-corrected chi connectivity index (χ3v) is 13.8. The molecule has 3 atom stereocenters. The van der Waals surface area contributed by atoms with Gasteiger partial charge in [0, 0.05) is 64.0 Å². The number of halogens is 3. The van der Waals surface area contributed by atoms with E-state index in [9.17, 15) is 23.2 Å². The first kappa shape index (κ1) is 42.2. The number of para-hydroxylation sites is 1. The number of nitrogens with one attached hydrogen (secondary N) is 2. The molecular weight excluding hydrogens is 828 g/mol. The molecule has 15 nitrogen and oxygen atoms in total. The number of aryl methyl sites for hydroxylation is 1. The lowest BCUT2D eigenvalue weighted by Crippen LogP contribution is -2.47. The number of likely N-dealkylation sites (tertiary alicyclic amines) is 1. The minimum Gasteiger partial charge on any atom is -0.362 e. The molecule has 18 heteroatoms. The quantitative estimate of drug-likeness (QED) is 0.113. The van der Waals surface area contributed by atoms with Crippen LogP contribution in [0, 0.1) is 29.6 Å². The van der Waals surface area contributed by atoms with E-state index in [1.165, 1.54) is 36.2 Å². The van der Waals surface area contributed by atoms with Crippen molar-refractivity contribution in [2.75, 3.05) is 49.5 Å². The topological polar surface area (TPSA) is 157 Å². The van der Waals surface area contributed by atoms with Crippen molar-refractivity contribution in [2.24, 2.45) is 24.8 Å². The molecule has 1 aromatic carbocycles. The Bertz CT molecular complexity index is 2630. The zero-order chi connectivity index (χ0) is 44.1. The number of carbonyl (C=O) groups is 3. The molecule has 5 fully saturated rings. The molecule has 4 aromatic heterocycles. The highest BCUT2D eigenvalue weighted by molar-refractivity contribution is 6.08. The Morgan fingerprint density at radius 2 is 1.81 bits per heavy atom. The van der Waals surface area contributed by atoms with E-state index in [0.717, 1.165) is 73.5 Å². The maximum Gasteiger partial charge on any atom is 0.284 e. The second-order valence-electron chi connectivity index (χ2n) is 18.3. The molecule has 64 heavy (non-hydrogen) atoms. The average molecular weight is 880 g/mol. The van der Waals surface area contributed by atoms with Crippen LogP contribution < -0.4 is 15.5 Å². The normalized spacial score (nSPS) is 24.5. The molecule has 2 N–H and O–H groups in total. The molecule has 3 aliphatic heterocycles. The van der Waals surface area contributed by atoms with Gasteiger partial charge >= 0.3 is 0 Å². The molecule has 10 rings (SSSR count). The third-order valence-electron chi connectivity index (χ3n) is 13.8. The van der Waals surface area contributed by atoms with Gasteiger partial charge < -0.3 is 15.0 Å². The number of amides is 3. The van der Waals surface area contributed by atoms with E-state index < -0.39 is 36.2 Å². The van der Waals surface area contributed by atoms with Crippen LogP contribution in [0.15, 0.2) is 42.9 Å². The summed E-state index contributed by atoms with van der Waals surface area (Å²) in [4.78, 5) is 46.9. The first-order valence-corrected chi connectivity index (χ1v) is 22.6. The molecule has 2 aliphatic carbocycles. The standard InChI is InChI=1S/C46H52F3N11O4/c1-56-42-30(4-2-6-32(42)40(54-56)33-13-14-39(61)53-45(33)62)5-3-19-64-37-15-17-57(25-35(37)47)22-28-9-11-31(12-10-28)60-26-36(41(55-60)43(48)49)51-46(63)34-21-50-59-18-16-38(52-44(34)59)58-23-29(24-58)20-27-7-8-27/h2,4,6,16,18,21,26-29,31,33,35,37,43H,7-15,17,19-20,22-25H2,1H3,(H,51,63)(H,53,61,62)/t28?,31?,33?,35-,37+/m1/s1. The fourth-order valence-corrected chi connectivity index (χ4v) is 10.2. The van der Waals surface area contributed by atoms with Gasteiger partial charge in [-0.15, -0.1) is 0 Å². The van der Waals surface area contributed by atoms with Gasteiger partial charge in [-0.05, 0) is 74.8 Å². The molecule has 336 valence electrons. The molecule has 5 aliphatic rings.